The number of hydrogen-bond donors (Lipinski definition) is 0. The van der Waals surface area contributed by atoms with Gasteiger partial charge in [-0.25, -0.2) is 0 Å². The lowest BCUT2D eigenvalue weighted by Crippen LogP contribution is -2.32. The lowest BCUT2D eigenvalue weighted by atomic mass is 9.85. The SMILES string of the molecule is CC(Oc1ccc(C(F)(F)F)cc1)C1CN(C(=O)c2cccnc2)CC1c1ccc(Cl)c(Cl)c1. The Morgan fingerprint density at radius 2 is 1.82 bits per heavy atom. The molecule has 0 bridgehead atoms. The van der Waals surface area contributed by atoms with E-state index in [2.05, 4.69) is 4.98 Å². The van der Waals surface area contributed by atoms with Crippen molar-refractivity contribution in [2.75, 3.05) is 13.1 Å². The summed E-state index contributed by atoms with van der Waals surface area (Å²) < 4.78 is 44.7. The van der Waals surface area contributed by atoms with E-state index in [9.17, 15) is 18.0 Å². The minimum Gasteiger partial charge on any atom is -0.490 e. The highest BCUT2D eigenvalue weighted by Crippen LogP contribution is 2.39. The Bertz CT molecular complexity index is 1160. The number of rotatable bonds is 5. The van der Waals surface area contributed by atoms with Crippen LogP contribution >= 0.6 is 23.2 Å². The number of halogens is 5. The van der Waals surface area contributed by atoms with Crippen LogP contribution in [0.5, 0.6) is 5.75 Å². The second-order valence-electron chi connectivity index (χ2n) is 8.24. The number of likely N-dealkylation sites (tertiary alicyclic amines) is 1. The highest BCUT2D eigenvalue weighted by Gasteiger charge is 2.40. The molecule has 2 heterocycles. The zero-order chi connectivity index (χ0) is 24.5. The summed E-state index contributed by atoms with van der Waals surface area (Å²) >= 11 is 12.3. The molecule has 3 aromatic rings. The van der Waals surface area contributed by atoms with E-state index >= 15 is 0 Å². The van der Waals surface area contributed by atoms with E-state index in [4.69, 9.17) is 27.9 Å². The van der Waals surface area contributed by atoms with Gasteiger partial charge in [0.15, 0.2) is 0 Å². The molecule has 34 heavy (non-hydrogen) atoms. The number of pyridine rings is 1. The Balaban J connectivity index is 1.58. The van der Waals surface area contributed by atoms with Crippen molar-refractivity contribution in [2.24, 2.45) is 5.92 Å². The summed E-state index contributed by atoms with van der Waals surface area (Å²) in [7, 11) is 0. The molecule has 3 unspecified atom stereocenters. The first-order chi connectivity index (χ1) is 16.1. The lowest BCUT2D eigenvalue weighted by molar-refractivity contribution is -0.137. The van der Waals surface area contributed by atoms with E-state index in [-0.39, 0.29) is 17.7 Å². The number of hydrogen-bond acceptors (Lipinski definition) is 3. The summed E-state index contributed by atoms with van der Waals surface area (Å²) in [5.41, 5.74) is 0.645. The third-order valence-corrected chi connectivity index (χ3v) is 6.78. The number of carbonyl (C=O) groups excluding carboxylic acids is 1. The van der Waals surface area contributed by atoms with Crippen LogP contribution in [0.15, 0.2) is 67.0 Å². The fourth-order valence-corrected chi connectivity index (χ4v) is 4.57. The van der Waals surface area contributed by atoms with Gasteiger partial charge in [0.25, 0.3) is 5.91 Å². The van der Waals surface area contributed by atoms with Gasteiger partial charge in [-0.2, -0.15) is 13.2 Å². The van der Waals surface area contributed by atoms with Gasteiger partial charge in [0.1, 0.15) is 11.9 Å². The zero-order valence-electron chi connectivity index (χ0n) is 18.1. The van der Waals surface area contributed by atoms with Crippen molar-refractivity contribution in [2.45, 2.75) is 25.1 Å². The number of alkyl halides is 3. The maximum Gasteiger partial charge on any atom is 0.416 e. The van der Waals surface area contributed by atoms with E-state index in [0.717, 1.165) is 17.7 Å². The first-order valence-electron chi connectivity index (χ1n) is 10.6. The third kappa shape index (κ3) is 5.31. The monoisotopic (exact) mass is 508 g/mol. The van der Waals surface area contributed by atoms with Gasteiger partial charge in [0.2, 0.25) is 0 Å². The van der Waals surface area contributed by atoms with Gasteiger partial charge in [0, 0.05) is 37.3 Å². The number of nitrogens with zero attached hydrogens (tertiary/aromatic N) is 2. The van der Waals surface area contributed by atoms with E-state index in [0.29, 0.717) is 34.4 Å². The molecule has 2 aromatic carbocycles. The van der Waals surface area contributed by atoms with Crippen molar-refractivity contribution in [3.05, 3.63) is 93.7 Å². The van der Waals surface area contributed by atoms with Crippen molar-refractivity contribution < 1.29 is 22.7 Å². The fraction of sp³-hybridized carbons (Fsp3) is 0.280. The van der Waals surface area contributed by atoms with Crippen molar-refractivity contribution in [1.82, 2.24) is 9.88 Å². The van der Waals surface area contributed by atoms with Gasteiger partial charge in [0.05, 0.1) is 21.2 Å². The Labute approximate surface area is 205 Å². The minimum atomic E-state index is -4.41. The van der Waals surface area contributed by atoms with Crippen LogP contribution in [0, 0.1) is 5.92 Å². The number of aromatic nitrogens is 1. The lowest BCUT2D eigenvalue weighted by Gasteiger charge is -2.26. The summed E-state index contributed by atoms with van der Waals surface area (Å²) in [6.07, 6.45) is -1.70. The van der Waals surface area contributed by atoms with Crippen LogP contribution in [-0.2, 0) is 6.18 Å². The number of benzene rings is 2. The molecule has 4 nitrogen and oxygen atoms in total. The summed E-state index contributed by atoms with van der Waals surface area (Å²) in [4.78, 5) is 18.9. The van der Waals surface area contributed by atoms with Gasteiger partial charge < -0.3 is 9.64 Å². The minimum absolute atomic E-state index is 0.111. The molecular formula is C25H21Cl2F3N2O2. The zero-order valence-corrected chi connectivity index (χ0v) is 19.6. The van der Waals surface area contributed by atoms with Crippen LogP contribution < -0.4 is 4.74 Å². The second-order valence-corrected chi connectivity index (χ2v) is 9.06. The molecule has 0 radical (unpaired) electrons. The van der Waals surface area contributed by atoms with Crippen molar-refractivity contribution in [1.29, 1.82) is 0 Å². The van der Waals surface area contributed by atoms with Gasteiger partial charge >= 0.3 is 6.18 Å². The van der Waals surface area contributed by atoms with Gasteiger partial charge in [-0.05, 0) is 61.0 Å². The van der Waals surface area contributed by atoms with Gasteiger partial charge in [-0.1, -0.05) is 29.3 Å². The predicted octanol–water partition coefficient (Wildman–Crippen LogP) is 6.73. The summed E-state index contributed by atoms with van der Waals surface area (Å²) in [5, 5.41) is 0.837. The Morgan fingerprint density at radius 1 is 1.09 bits per heavy atom. The molecule has 0 saturated carbocycles. The van der Waals surface area contributed by atoms with Gasteiger partial charge in [-0.3, -0.25) is 9.78 Å². The van der Waals surface area contributed by atoms with Crippen LogP contribution in [0.25, 0.3) is 0 Å². The molecule has 9 heteroatoms. The summed E-state index contributed by atoms with van der Waals surface area (Å²) in [6.45, 7) is 2.68. The molecule has 4 rings (SSSR count). The first-order valence-corrected chi connectivity index (χ1v) is 11.4. The molecular weight excluding hydrogens is 488 g/mol. The quantitative estimate of drug-likeness (QED) is 0.383. The van der Waals surface area contributed by atoms with E-state index in [1.54, 1.807) is 35.4 Å². The molecule has 1 amide bonds. The van der Waals surface area contributed by atoms with E-state index in [1.807, 2.05) is 13.0 Å². The Kier molecular flexibility index (Phi) is 7.05. The van der Waals surface area contributed by atoms with Crippen molar-refractivity contribution in [3.63, 3.8) is 0 Å². The summed E-state index contributed by atoms with van der Waals surface area (Å²) in [5.74, 6) is -0.0761. The molecule has 0 aliphatic carbocycles. The van der Waals surface area contributed by atoms with Crippen LogP contribution in [0.3, 0.4) is 0 Å². The standard InChI is InChI=1S/C25H21Cl2F3N2O2/c1-15(34-19-7-5-18(6-8-19)25(28,29)30)20-13-32(24(33)17-3-2-10-31-12-17)14-21(20)16-4-9-22(26)23(27)11-16/h2-12,15,20-21H,13-14H2,1H3. The van der Waals surface area contributed by atoms with E-state index < -0.39 is 17.8 Å². The molecule has 0 N–H and O–H groups in total. The molecule has 1 fully saturated rings. The summed E-state index contributed by atoms with van der Waals surface area (Å²) in [6, 6.07) is 13.4. The molecule has 1 aliphatic heterocycles. The van der Waals surface area contributed by atoms with Crippen molar-refractivity contribution >= 4 is 29.1 Å². The second kappa shape index (κ2) is 9.84. The maximum atomic E-state index is 13.1. The number of ether oxygens (including phenoxy) is 1. The molecule has 1 aromatic heterocycles. The van der Waals surface area contributed by atoms with Crippen molar-refractivity contribution in [3.8, 4) is 5.75 Å². The molecule has 0 spiro atoms. The highest BCUT2D eigenvalue weighted by molar-refractivity contribution is 6.42. The molecule has 1 aliphatic rings. The topological polar surface area (TPSA) is 42.4 Å². The largest absolute Gasteiger partial charge is 0.490 e. The molecule has 3 atom stereocenters. The van der Waals surface area contributed by atoms with Gasteiger partial charge in [-0.15, -0.1) is 0 Å². The average molecular weight is 509 g/mol. The third-order valence-electron chi connectivity index (χ3n) is 6.04. The predicted molar refractivity (Wildman–Crippen MR) is 124 cm³/mol. The fourth-order valence-electron chi connectivity index (χ4n) is 4.26. The molecule has 1 saturated heterocycles. The van der Waals surface area contributed by atoms with Crippen LogP contribution in [0.4, 0.5) is 13.2 Å². The number of carbonyl (C=O) groups is 1. The number of amides is 1. The first kappa shape index (κ1) is 24.4. The van der Waals surface area contributed by atoms with Crippen LogP contribution in [-0.4, -0.2) is 35.0 Å². The van der Waals surface area contributed by atoms with E-state index in [1.165, 1.54) is 18.3 Å². The Morgan fingerprint density at radius 3 is 2.44 bits per heavy atom. The van der Waals surface area contributed by atoms with Crippen LogP contribution in [0.2, 0.25) is 10.0 Å². The smallest absolute Gasteiger partial charge is 0.416 e. The Hall–Kier alpha value is -2.77. The van der Waals surface area contributed by atoms with Crippen LogP contribution in [0.1, 0.15) is 34.3 Å². The molecule has 178 valence electrons. The average Bonchev–Trinajstić information content (AvgIpc) is 3.26. The maximum absolute atomic E-state index is 13.1. The highest BCUT2D eigenvalue weighted by atomic mass is 35.5. The normalized spacial score (nSPS) is 19.2.